The number of aryl methyl sites for hydroxylation is 4. The molecule has 0 aliphatic heterocycles. The predicted octanol–water partition coefficient (Wildman–Crippen LogP) is 6.18. The van der Waals surface area contributed by atoms with E-state index in [0.29, 0.717) is 5.82 Å². The van der Waals surface area contributed by atoms with E-state index in [0.717, 1.165) is 38.1 Å². The fourth-order valence-electron chi connectivity index (χ4n) is 3.41. The maximum absolute atomic E-state index is 13.1. The van der Waals surface area contributed by atoms with Crippen LogP contribution in [0.3, 0.4) is 0 Å². The minimum absolute atomic E-state index is 0.124. The minimum atomic E-state index is -0.335. The van der Waals surface area contributed by atoms with Crippen LogP contribution in [0.1, 0.15) is 32.9 Å². The number of halogens is 1. The molecular formula is C25H23BrN4O. The zero-order chi connectivity index (χ0) is 22.1. The Morgan fingerprint density at radius 2 is 1.55 bits per heavy atom. The molecule has 31 heavy (non-hydrogen) atoms. The Morgan fingerprint density at radius 3 is 2.19 bits per heavy atom. The summed E-state index contributed by atoms with van der Waals surface area (Å²) in [6.07, 6.45) is 0. The van der Waals surface area contributed by atoms with Crippen LogP contribution in [0.2, 0.25) is 0 Å². The first-order valence-electron chi connectivity index (χ1n) is 10.0. The Labute approximate surface area is 190 Å². The van der Waals surface area contributed by atoms with Gasteiger partial charge in [0.15, 0.2) is 5.82 Å². The lowest BCUT2D eigenvalue weighted by Gasteiger charge is -2.09. The van der Waals surface area contributed by atoms with Gasteiger partial charge in [-0.3, -0.25) is 4.79 Å². The van der Waals surface area contributed by atoms with E-state index in [1.807, 2.05) is 68.4 Å². The Balaban J connectivity index is 1.80. The van der Waals surface area contributed by atoms with Crippen molar-refractivity contribution in [2.24, 2.45) is 0 Å². The summed E-state index contributed by atoms with van der Waals surface area (Å²) in [6, 6.07) is 19.8. The summed E-state index contributed by atoms with van der Waals surface area (Å²) in [5.41, 5.74) is 6.86. The van der Waals surface area contributed by atoms with Crippen LogP contribution in [0.15, 0.2) is 65.1 Å². The van der Waals surface area contributed by atoms with Gasteiger partial charge in [-0.25, -0.2) is 9.67 Å². The quantitative estimate of drug-likeness (QED) is 0.383. The summed E-state index contributed by atoms with van der Waals surface area (Å²) in [5.74, 6) is 0.402. The molecule has 0 radical (unpaired) electrons. The fraction of sp³-hybridized carbons (Fsp3) is 0.160. The van der Waals surface area contributed by atoms with Gasteiger partial charge in [-0.1, -0.05) is 52.3 Å². The van der Waals surface area contributed by atoms with Crippen molar-refractivity contribution in [1.29, 1.82) is 0 Å². The first kappa shape index (κ1) is 21.0. The van der Waals surface area contributed by atoms with Crippen LogP contribution in [-0.2, 0) is 0 Å². The highest BCUT2D eigenvalue weighted by Gasteiger charge is 2.20. The number of nitrogens with zero attached hydrogens (tertiary/aromatic N) is 3. The van der Waals surface area contributed by atoms with Crippen molar-refractivity contribution in [2.45, 2.75) is 27.7 Å². The second-order valence-electron chi connectivity index (χ2n) is 7.67. The number of hydrogen-bond donors (Lipinski definition) is 1. The first-order chi connectivity index (χ1) is 14.8. The van der Waals surface area contributed by atoms with Gasteiger partial charge in [-0.2, -0.15) is 0 Å². The summed E-state index contributed by atoms with van der Waals surface area (Å²) in [4.78, 5) is 17.7. The van der Waals surface area contributed by atoms with E-state index in [9.17, 15) is 4.79 Å². The number of aromatic nitrogens is 3. The topological polar surface area (TPSA) is 59.8 Å². The largest absolute Gasteiger partial charge is 0.319 e. The van der Waals surface area contributed by atoms with Crippen molar-refractivity contribution in [3.05, 3.63) is 93.2 Å². The Bertz CT molecular complexity index is 1260. The van der Waals surface area contributed by atoms with Crippen molar-refractivity contribution in [2.75, 3.05) is 5.32 Å². The van der Waals surface area contributed by atoms with Crippen molar-refractivity contribution >= 4 is 27.5 Å². The number of hydrogen-bond acceptors (Lipinski definition) is 3. The average Bonchev–Trinajstić information content (AvgIpc) is 3.19. The van der Waals surface area contributed by atoms with Crippen molar-refractivity contribution in [3.63, 3.8) is 0 Å². The molecule has 0 atom stereocenters. The summed E-state index contributed by atoms with van der Waals surface area (Å²) in [5, 5.41) is 7.57. The molecular weight excluding hydrogens is 452 g/mol. The lowest BCUT2D eigenvalue weighted by Crippen LogP contribution is -2.16. The van der Waals surface area contributed by atoms with Crippen LogP contribution in [-0.4, -0.2) is 20.7 Å². The molecule has 0 aliphatic carbocycles. The number of rotatable bonds is 4. The van der Waals surface area contributed by atoms with E-state index < -0.39 is 0 Å². The molecule has 0 saturated heterocycles. The number of carbonyl (C=O) groups is 1. The number of carbonyl (C=O) groups excluding carboxylic acids is 1. The predicted molar refractivity (Wildman–Crippen MR) is 128 cm³/mol. The molecule has 3 aromatic carbocycles. The van der Waals surface area contributed by atoms with Gasteiger partial charge in [0.2, 0.25) is 5.82 Å². The normalized spacial score (nSPS) is 10.9. The molecule has 0 aliphatic rings. The van der Waals surface area contributed by atoms with Gasteiger partial charge in [0.1, 0.15) is 0 Å². The third kappa shape index (κ3) is 4.30. The Hall–Kier alpha value is -3.25. The van der Waals surface area contributed by atoms with Crippen LogP contribution in [0.25, 0.3) is 17.1 Å². The van der Waals surface area contributed by atoms with Gasteiger partial charge in [0, 0.05) is 15.7 Å². The number of amides is 1. The van der Waals surface area contributed by atoms with Crippen LogP contribution >= 0.6 is 15.9 Å². The van der Waals surface area contributed by atoms with E-state index in [4.69, 9.17) is 0 Å². The van der Waals surface area contributed by atoms with Crippen LogP contribution < -0.4 is 5.32 Å². The molecule has 0 spiro atoms. The first-order valence-corrected chi connectivity index (χ1v) is 10.8. The second kappa shape index (κ2) is 8.47. The zero-order valence-corrected chi connectivity index (χ0v) is 19.5. The standard InChI is InChI=1S/C25H23BrN4O/c1-15-8-13-21(14-18(15)4)30-24(19-9-11-20(26)12-10-19)28-23(29-30)25(31)27-22-16(2)6-5-7-17(22)3/h5-14H,1-4H3,(H,27,31). The van der Waals surface area contributed by atoms with E-state index in [-0.39, 0.29) is 11.7 Å². The fourth-order valence-corrected chi connectivity index (χ4v) is 3.68. The third-order valence-corrected chi connectivity index (χ3v) is 5.90. The van der Waals surface area contributed by atoms with E-state index in [1.165, 1.54) is 5.56 Å². The maximum atomic E-state index is 13.1. The van der Waals surface area contributed by atoms with E-state index in [1.54, 1.807) is 4.68 Å². The molecule has 1 aromatic heterocycles. The third-order valence-electron chi connectivity index (χ3n) is 5.37. The van der Waals surface area contributed by atoms with Crippen LogP contribution in [0, 0.1) is 27.7 Å². The van der Waals surface area contributed by atoms with Crippen molar-refractivity contribution < 1.29 is 4.79 Å². The summed E-state index contributed by atoms with van der Waals surface area (Å²) in [6.45, 7) is 8.07. The second-order valence-corrected chi connectivity index (χ2v) is 8.58. The molecule has 0 unspecified atom stereocenters. The summed E-state index contributed by atoms with van der Waals surface area (Å²) >= 11 is 3.47. The highest BCUT2D eigenvalue weighted by Crippen LogP contribution is 2.25. The molecule has 0 fully saturated rings. The lowest BCUT2D eigenvalue weighted by molar-refractivity contribution is 0.101. The minimum Gasteiger partial charge on any atom is -0.319 e. The van der Waals surface area contributed by atoms with Gasteiger partial charge in [-0.15, -0.1) is 5.10 Å². The van der Waals surface area contributed by atoms with Gasteiger partial charge >= 0.3 is 0 Å². The smallest absolute Gasteiger partial charge is 0.295 e. The summed E-state index contributed by atoms with van der Waals surface area (Å²) < 4.78 is 2.71. The number of nitrogens with one attached hydrogen (secondary N) is 1. The SMILES string of the molecule is Cc1ccc(-n2nc(C(=O)Nc3c(C)cccc3C)nc2-c2ccc(Br)cc2)cc1C. The monoisotopic (exact) mass is 474 g/mol. The molecule has 156 valence electrons. The zero-order valence-electron chi connectivity index (χ0n) is 17.9. The molecule has 0 saturated carbocycles. The maximum Gasteiger partial charge on any atom is 0.295 e. The number of benzene rings is 3. The average molecular weight is 475 g/mol. The molecule has 5 nitrogen and oxygen atoms in total. The lowest BCUT2D eigenvalue weighted by atomic mass is 10.1. The number of para-hydroxylation sites is 1. The van der Waals surface area contributed by atoms with Crippen LogP contribution in [0.5, 0.6) is 0 Å². The van der Waals surface area contributed by atoms with Crippen molar-refractivity contribution in [1.82, 2.24) is 14.8 Å². The highest BCUT2D eigenvalue weighted by molar-refractivity contribution is 9.10. The molecule has 4 rings (SSSR count). The van der Waals surface area contributed by atoms with Gasteiger partial charge in [-0.05, 0) is 74.2 Å². The Morgan fingerprint density at radius 1 is 0.871 bits per heavy atom. The van der Waals surface area contributed by atoms with Gasteiger partial charge in [0.05, 0.1) is 5.69 Å². The molecule has 6 heteroatoms. The van der Waals surface area contributed by atoms with E-state index in [2.05, 4.69) is 51.2 Å². The molecule has 1 N–H and O–H groups in total. The molecule has 1 amide bonds. The molecule has 0 bridgehead atoms. The summed E-state index contributed by atoms with van der Waals surface area (Å²) in [7, 11) is 0. The Kier molecular flexibility index (Phi) is 5.74. The van der Waals surface area contributed by atoms with Gasteiger partial charge < -0.3 is 5.32 Å². The number of anilines is 1. The molecule has 4 aromatic rings. The van der Waals surface area contributed by atoms with Gasteiger partial charge in [0.25, 0.3) is 5.91 Å². The highest BCUT2D eigenvalue weighted by atomic mass is 79.9. The van der Waals surface area contributed by atoms with Crippen LogP contribution in [0.4, 0.5) is 5.69 Å². The molecule has 1 heterocycles. The van der Waals surface area contributed by atoms with Crippen molar-refractivity contribution in [3.8, 4) is 17.1 Å². The van der Waals surface area contributed by atoms with E-state index >= 15 is 0 Å².